The van der Waals surface area contributed by atoms with Crippen molar-refractivity contribution in [3.63, 3.8) is 0 Å². The van der Waals surface area contributed by atoms with Gasteiger partial charge in [-0.05, 0) is 54.4 Å². The lowest BCUT2D eigenvalue weighted by Gasteiger charge is -2.15. The number of nitrogens with one attached hydrogen (secondary N) is 1. The number of benzene rings is 1. The molecule has 0 radical (unpaired) electrons. The molecule has 2 rings (SSSR count). The lowest BCUT2D eigenvalue weighted by molar-refractivity contribution is 0.205. The second-order valence-corrected chi connectivity index (χ2v) is 4.82. The molecule has 0 saturated heterocycles. The average Bonchev–Trinajstić information content (AvgIpc) is 2.69. The highest BCUT2D eigenvalue weighted by atomic mass is 79.9. The van der Waals surface area contributed by atoms with Crippen LogP contribution < -0.4 is 10.1 Å². The lowest BCUT2D eigenvalue weighted by atomic mass is 10.2. The Morgan fingerprint density at radius 1 is 1.33 bits per heavy atom. The first-order chi connectivity index (χ1) is 7.29. The van der Waals surface area contributed by atoms with Gasteiger partial charge < -0.3 is 10.1 Å². The Labute approximate surface area is 99.1 Å². The van der Waals surface area contributed by atoms with Crippen LogP contribution in [0.4, 0.5) is 0 Å². The Kier molecular flexibility index (Phi) is 3.65. The van der Waals surface area contributed by atoms with Crippen LogP contribution in [0.5, 0.6) is 5.75 Å². The van der Waals surface area contributed by atoms with E-state index < -0.39 is 0 Å². The lowest BCUT2D eigenvalue weighted by Crippen LogP contribution is -2.23. The van der Waals surface area contributed by atoms with Crippen molar-refractivity contribution in [1.82, 2.24) is 5.32 Å². The zero-order valence-electron chi connectivity index (χ0n) is 8.87. The number of para-hydroxylation sites is 1. The molecule has 0 amide bonds. The van der Waals surface area contributed by atoms with E-state index in [4.69, 9.17) is 4.74 Å². The third kappa shape index (κ3) is 2.73. The third-order valence-corrected chi connectivity index (χ3v) is 3.58. The van der Waals surface area contributed by atoms with E-state index in [1.807, 2.05) is 31.3 Å². The van der Waals surface area contributed by atoms with Crippen LogP contribution >= 0.6 is 15.9 Å². The molecule has 0 aromatic heterocycles. The van der Waals surface area contributed by atoms with Crippen LogP contribution in [-0.2, 0) is 0 Å². The Morgan fingerprint density at radius 2 is 2.13 bits per heavy atom. The first-order valence-corrected chi connectivity index (χ1v) is 6.17. The summed E-state index contributed by atoms with van der Waals surface area (Å²) in [7, 11) is 2.02. The highest BCUT2D eigenvalue weighted by Gasteiger charge is 2.25. The number of rotatable bonds is 3. The van der Waals surface area contributed by atoms with Gasteiger partial charge in [-0.3, -0.25) is 0 Å². The number of hydrogen-bond donors (Lipinski definition) is 1. The van der Waals surface area contributed by atoms with Gasteiger partial charge in [0.15, 0.2) is 0 Å². The molecule has 0 heterocycles. The molecular weight excluding hydrogens is 254 g/mol. The molecule has 1 N–H and O–H groups in total. The zero-order chi connectivity index (χ0) is 10.7. The maximum absolute atomic E-state index is 5.95. The number of hydrogen-bond acceptors (Lipinski definition) is 2. The van der Waals surface area contributed by atoms with Crippen molar-refractivity contribution in [2.45, 2.75) is 31.4 Å². The number of halogens is 1. The van der Waals surface area contributed by atoms with Gasteiger partial charge in [-0.1, -0.05) is 12.1 Å². The topological polar surface area (TPSA) is 21.3 Å². The Bertz CT molecular complexity index is 329. The van der Waals surface area contributed by atoms with Crippen LogP contribution in [0.2, 0.25) is 0 Å². The van der Waals surface area contributed by atoms with Crippen LogP contribution in [0.3, 0.4) is 0 Å². The highest BCUT2D eigenvalue weighted by Crippen LogP contribution is 2.29. The van der Waals surface area contributed by atoms with Crippen LogP contribution in [-0.4, -0.2) is 19.2 Å². The molecule has 1 fully saturated rings. The minimum absolute atomic E-state index is 0.362. The van der Waals surface area contributed by atoms with E-state index in [2.05, 4.69) is 21.2 Å². The van der Waals surface area contributed by atoms with Crippen LogP contribution in [0, 0.1) is 0 Å². The maximum atomic E-state index is 5.95. The van der Waals surface area contributed by atoms with Crippen molar-refractivity contribution in [3.05, 3.63) is 28.7 Å². The van der Waals surface area contributed by atoms with Gasteiger partial charge in [-0.2, -0.15) is 0 Å². The van der Waals surface area contributed by atoms with Crippen LogP contribution in [0.25, 0.3) is 0 Å². The average molecular weight is 270 g/mol. The van der Waals surface area contributed by atoms with Gasteiger partial charge in [0.1, 0.15) is 11.9 Å². The monoisotopic (exact) mass is 269 g/mol. The van der Waals surface area contributed by atoms with Gasteiger partial charge in [0, 0.05) is 6.04 Å². The summed E-state index contributed by atoms with van der Waals surface area (Å²) in [5.41, 5.74) is 0. The van der Waals surface area contributed by atoms with Crippen molar-refractivity contribution < 1.29 is 4.74 Å². The van der Waals surface area contributed by atoms with Crippen LogP contribution in [0.15, 0.2) is 28.7 Å². The van der Waals surface area contributed by atoms with Gasteiger partial charge >= 0.3 is 0 Å². The fourth-order valence-corrected chi connectivity index (χ4v) is 2.41. The summed E-state index contributed by atoms with van der Waals surface area (Å²) in [5.74, 6) is 0.958. The van der Waals surface area contributed by atoms with Crippen LogP contribution in [0.1, 0.15) is 19.3 Å². The molecule has 1 aliphatic rings. The standard InChI is InChI=1S/C12H16BrNO/c1-14-9-6-7-10(8-9)15-12-5-3-2-4-11(12)13/h2-5,9-10,14H,6-8H2,1H3. The molecule has 1 saturated carbocycles. The van der Waals surface area contributed by atoms with Gasteiger partial charge in [-0.15, -0.1) is 0 Å². The summed E-state index contributed by atoms with van der Waals surface area (Å²) in [6, 6.07) is 8.65. The summed E-state index contributed by atoms with van der Waals surface area (Å²) in [5, 5.41) is 3.30. The second-order valence-electron chi connectivity index (χ2n) is 3.97. The van der Waals surface area contributed by atoms with Crippen molar-refractivity contribution in [3.8, 4) is 5.75 Å². The van der Waals surface area contributed by atoms with Crippen molar-refractivity contribution >= 4 is 15.9 Å². The first kappa shape index (κ1) is 11.0. The summed E-state index contributed by atoms with van der Waals surface area (Å²) in [6.07, 6.45) is 3.83. The molecule has 15 heavy (non-hydrogen) atoms. The van der Waals surface area contributed by atoms with Crippen molar-refractivity contribution in [1.29, 1.82) is 0 Å². The Morgan fingerprint density at radius 3 is 2.80 bits per heavy atom. The molecule has 1 aromatic rings. The van der Waals surface area contributed by atoms with Gasteiger partial charge in [0.25, 0.3) is 0 Å². The van der Waals surface area contributed by atoms with E-state index in [0.29, 0.717) is 12.1 Å². The first-order valence-electron chi connectivity index (χ1n) is 5.38. The van der Waals surface area contributed by atoms with E-state index in [0.717, 1.165) is 23.1 Å². The SMILES string of the molecule is CNC1CCC(Oc2ccccc2Br)C1. The van der Waals surface area contributed by atoms with Gasteiger partial charge in [0.05, 0.1) is 4.47 Å². The van der Waals surface area contributed by atoms with Crippen molar-refractivity contribution in [2.24, 2.45) is 0 Å². The van der Waals surface area contributed by atoms with E-state index in [1.54, 1.807) is 0 Å². The van der Waals surface area contributed by atoms with E-state index in [1.165, 1.54) is 6.42 Å². The Hall–Kier alpha value is -0.540. The summed E-state index contributed by atoms with van der Waals surface area (Å²) in [4.78, 5) is 0. The molecule has 0 aliphatic heterocycles. The van der Waals surface area contributed by atoms with E-state index >= 15 is 0 Å². The summed E-state index contributed by atoms with van der Waals surface area (Å²) >= 11 is 3.50. The van der Waals surface area contributed by atoms with Gasteiger partial charge in [0.2, 0.25) is 0 Å². The van der Waals surface area contributed by atoms with Crippen molar-refractivity contribution in [2.75, 3.05) is 7.05 Å². The molecule has 2 nitrogen and oxygen atoms in total. The van der Waals surface area contributed by atoms with E-state index in [-0.39, 0.29) is 0 Å². The zero-order valence-corrected chi connectivity index (χ0v) is 10.5. The fraction of sp³-hybridized carbons (Fsp3) is 0.500. The Balaban J connectivity index is 1.96. The predicted molar refractivity (Wildman–Crippen MR) is 65.3 cm³/mol. The van der Waals surface area contributed by atoms with Gasteiger partial charge in [-0.25, -0.2) is 0 Å². The quantitative estimate of drug-likeness (QED) is 0.911. The van der Waals surface area contributed by atoms with E-state index in [9.17, 15) is 0 Å². The largest absolute Gasteiger partial charge is 0.489 e. The molecule has 0 spiro atoms. The molecular formula is C12H16BrNO. The molecule has 2 unspecified atom stereocenters. The second kappa shape index (κ2) is 4.99. The third-order valence-electron chi connectivity index (χ3n) is 2.92. The highest BCUT2D eigenvalue weighted by molar-refractivity contribution is 9.10. The summed E-state index contributed by atoms with van der Waals surface area (Å²) < 4.78 is 6.99. The molecule has 2 atom stereocenters. The minimum atomic E-state index is 0.362. The molecule has 1 aliphatic carbocycles. The molecule has 1 aromatic carbocycles. The predicted octanol–water partition coefficient (Wildman–Crippen LogP) is 2.97. The maximum Gasteiger partial charge on any atom is 0.133 e. The normalized spacial score (nSPS) is 25.5. The fourth-order valence-electron chi connectivity index (χ4n) is 2.03. The smallest absolute Gasteiger partial charge is 0.133 e. The minimum Gasteiger partial charge on any atom is -0.489 e. The molecule has 82 valence electrons. The molecule has 0 bridgehead atoms. The molecule has 3 heteroatoms. The number of ether oxygens (including phenoxy) is 1. The summed E-state index contributed by atoms with van der Waals surface area (Å²) in [6.45, 7) is 0.